The molecule has 0 fully saturated rings. The molecule has 0 radical (unpaired) electrons. The van der Waals surface area contributed by atoms with Crippen LogP contribution in [0.2, 0.25) is 5.02 Å². The van der Waals surface area contributed by atoms with Crippen molar-refractivity contribution in [3.63, 3.8) is 0 Å². The molecule has 0 heterocycles. The van der Waals surface area contributed by atoms with Crippen LogP contribution < -0.4 is 5.73 Å². The number of amides is 1. The molecule has 0 bridgehead atoms. The molecule has 0 aliphatic rings. The van der Waals surface area contributed by atoms with Gasteiger partial charge >= 0.3 is 0 Å². The second-order valence-electron chi connectivity index (χ2n) is 5.33. The SMILES string of the molecule is CN(Cc1ccc(C(N)=O)cc1)C[C@@H](O)c1ccc(Cl)cc1. The second kappa shape index (κ2) is 7.40. The summed E-state index contributed by atoms with van der Waals surface area (Å²) in [7, 11) is 1.93. The van der Waals surface area contributed by atoms with Crippen molar-refractivity contribution in [1.29, 1.82) is 0 Å². The van der Waals surface area contributed by atoms with Gasteiger partial charge in [0.1, 0.15) is 0 Å². The van der Waals surface area contributed by atoms with Gasteiger partial charge in [-0.2, -0.15) is 0 Å². The molecule has 5 heteroatoms. The third kappa shape index (κ3) is 4.56. The molecule has 1 atom stereocenters. The van der Waals surface area contributed by atoms with Crippen LogP contribution in [0.3, 0.4) is 0 Å². The minimum atomic E-state index is -0.577. The Hall–Kier alpha value is -1.88. The molecule has 22 heavy (non-hydrogen) atoms. The van der Waals surface area contributed by atoms with Crippen molar-refractivity contribution in [2.24, 2.45) is 5.73 Å². The molecule has 0 aliphatic heterocycles. The molecule has 0 saturated heterocycles. The van der Waals surface area contributed by atoms with E-state index in [1.807, 2.05) is 36.2 Å². The fraction of sp³-hybridized carbons (Fsp3) is 0.235. The van der Waals surface area contributed by atoms with E-state index in [2.05, 4.69) is 0 Å². The summed E-state index contributed by atoms with van der Waals surface area (Å²) in [5.74, 6) is -0.432. The van der Waals surface area contributed by atoms with Crippen molar-refractivity contribution < 1.29 is 9.90 Å². The zero-order valence-electron chi connectivity index (χ0n) is 12.4. The van der Waals surface area contributed by atoms with E-state index in [1.165, 1.54) is 0 Å². The van der Waals surface area contributed by atoms with Crippen LogP contribution in [-0.2, 0) is 6.54 Å². The van der Waals surface area contributed by atoms with Gasteiger partial charge in [0.05, 0.1) is 6.10 Å². The summed E-state index contributed by atoms with van der Waals surface area (Å²) in [6.07, 6.45) is -0.577. The number of carbonyl (C=O) groups excluding carboxylic acids is 1. The highest BCUT2D eigenvalue weighted by atomic mass is 35.5. The number of rotatable bonds is 6. The average molecular weight is 319 g/mol. The van der Waals surface area contributed by atoms with E-state index in [4.69, 9.17) is 17.3 Å². The Balaban J connectivity index is 1.93. The van der Waals surface area contributed by atoms with Crippen LogP contribution in [0.4, 0.5) is 0 Å². The van der Waals surface area contributed by atoms with Gasteiger partial charge in [0.25, 0.3) is 0 Å². The highest BCUT2D eigenvalue weighted by molar-refractivity contribution is 6.30. The van der Waals surface area contributed by atoms with Crippen LogP contribution in [0.25, 0.3) is 0 Å². The van der Waals surface area contributed by atoms with Gasteiger partial charge in [0.2, 0.25) is 5.91 Å². The van der Waals surface area contributed by atoms with E-state index in [1.54, 1.807) is 24.3 Å². The lowest BCUT2D eigenvalue weighted by atomic mass is 10.1. The lowest BCUT2D eigenvalue weighted by Gasteiger charge is -2.21. The number of likely N-dealkylation sites (N-methyl/N-ethyl adjacent to an activating group) is 1. The molecule has 1 amide bonds. The van der Waals surface area contributed by atoms with E-state index in [0.717, 1.165) is 11.1 Å². The number of benzene rings is 2. The van der Waals surface area contributed by atoms with Crippen LogP contribution >= 0.6 is 11.6 Å². The number of halogens is 1. The van der Waals surface area contributed by atoms with Gasteiger partial charge in [-0.1, -0.05) is 35.9 Å². The number of hydrogen-bond acceptors (Lipinski definition) is 3. The van der Waals surface area contributed by atoms with Crippen LogP contribution in [0.5, 0.6) is 0 Å². The number of aliphatic hydroxyl groups excluding tert-OH is 1. The zero-order valence-corrected chi connectivity index (χ0v) is 13.1. The van der Waals surface area contributed by atoms with Crippen molar-refractivity contribution in [3.05, 3.63) is 70.2 Å². The fourth-order valence-corrected chi connectivity index (χ4v) is 2.36. The third-order valence-corrected chi connectivity index (χ3v) is 3.68. The first-order chi connectivity index (χ1) is 10.5. The number of nitrogens with two attached hydrogens (primary N) is 1. The first-order valence-corrected chi connectivity index (χ1v) is 7.34. The zero-order chi connectivity index (χ0) is 16.1. The molecule has 0 aliphatic carbocycles. The fourth-order valence-electron chi connectivity index (χ4n) is 2.24. The van der Waals surface area contributed by atoms with Gasteiger partial charge < -0.3 is 10.8 Å². The van der Waals surface area contributed by atoms with Crippen LogP contribution in [-0.4, -0.2) is 29.5 Å². The monoisotopic (exact) mass is 318 g/mol. The summed E-state index contributed by atoms with van der Waals surface area (Å²) >= 11 is 5.84. The lowest BCUT2D eigenvalue weighted by Crippen LogP contribution is -2.24. The Labute approximate surface area is 135 Å². The molecule has 0 spiro atoms. The number of primary amides is 1. The topological polar surface area (TPSA) is 66.6 Å². The van der Waals surface area contributed by atoms with E-state index in [9.17, 15) is 9.90 Å². The number of carbonyl (C=O) groups is 1. The first kappa shape index (κ1) is 16.5. The maximum absolute atomic E-state index is 11.0. The van der Waals surface area contributed by atoms with E-state index < -0.39 is 12.0 Å². The minimum Gasteiger partial charge on any atom is -0.387 e. The summed E-state index contributed by atoms with van der Waals surface area (Å²) in [6, 6.07) is 14.3. The molecule has 116 valence electrons. The molecular formula is C17H19ClN2O2. The first-order valence-electron chi connectivity index (χ1n) is 6.96. The van der Waals surface area contributed by atoms with Gasteiger partial charge in [0, 0.05) is 23.7 Å². The normalized spacial score (nSPS) is 12.4. The average Bonchev–Trinajstić information content (AvgIpc) is 2.48. The van der Waals surface area contributed by atoms with Gasteiger partial charge in [-0.05, 0) is 42.4 Å². The Morgan fingerprint density at radius 2 is 1.77 bits per heavy atom. The highest BCUT2D eigenvalue weighted by Crippen LogP contribution is 2.18. The van der Waals surface area contributed by atoms with Gasteiger partial charge in [-0.25, -0.2) is 0 Å². The van der Waals surface area contributed by atoms with E-state index >= 15 is 0 Å². The smallest absolute Gasteiger partial charge is 0.248 e. The highest BCUT2D eigenvalue weighted by Gasteiger charge is 2.11. The largest absolute Gasteiger partial charge is 0.387 e. The molecular weight excluding hydrogens is 300 g/mol. The number of nitrogens with zero attached hydrogens (tertiary/aromatic N) is 1. The third-order valence-electron chi connectivity index (χ3n) is 3.43. The predicted molar refractivity (Wildman–Crippen MR) is 87.7 cm³/mol. The molecule has 4 nitrogen and oxygen atoms in total. The summed E-state index contributed by atoms with van der Waals surface area (Å²) in [6.45, 7) is 1.17. The van der Waals surface area contributed by atoms with Crippen molar-refractivity contribution in [2.45, 2.75) is 12.6 Å². The molecule has 0 aromatic heterocycles. The minimum absolute atomic E-state index is 0.432. The van der Waals surface area contributed by atoms with Crippen LogP contribution in [0, 0.1) is 0 Å². The predicted octanol–water partition coefficient (Wildman–Crippen LogP) is 2.60. The number of aliphatic hydroxyl groups is 1. The summed E-state index contributed by atoms with van der Waals surface area (Å²) in [5, 5.41) is 10.9. The van der Waals surface area contributed by atoms with Gasteiger partial charge in [0.15, 0.2) is 0 Å². The van der Waals surface area contributed by atoms with E-state index in [0.29, 0.717) is 23.7 Å². The Bertz CT molecular complexity index is 626. The van der Waals surface area contributed by atoms with Gasteiger partial charge in [-0.15, -0.1) is 0 Å². The van der Waals surface area contributed by atoms with Crippen LogP contribution in [0.1, 0.15) is 27.6 Å². The Kier molecular flexibility index (Phi) is 5.55. The molecule has 3 N–H and O–H groups in total. The van der Waals surface area contributed by atoms with Crippen molar-refractivity contribution in [1.82, 2.24) is 4.90 Å². The quantitative estimate of drug-likeness (QED) is 0.860. The van der Waals surface area contributed by atoms with Crippen LogP contribution in [0.15, 0.2) is 48.5 Å². The Morgan fingerprint density at radius 1 is 1.18 bits per heavy atom. The lowest BCUT2D eigenvalue weighted by molar-refractivity contribution is 0.100. The molecule has 0 unspecified atom stereocenters. The molecule has 2 aromatic carbocycles. The Morgan fingerprint density at radius 3 is 2.32 bits per heavy atom. The van der Waals surface area contributed by atoms with Crippen molar-refractivity contribution in [3.8, 4) is 0 Å². The molecule has 2 rings (SSSR count). The maximum atomic E-state index is 11.0. The van der Waals surface area contributed by atoms with Crippen molar-refractivity contribution in [2.75, 3.05) is 13.6 Å². The van der Waals surface area contributed by atoms with Crippen molar-refractivity contribution >= 4 is 17.5 Å². The maximum Gasteiger partial charge on any atom is 0.248 e. The standard InChI is InChI=1S/C17H19ClN2O2/c1-20(10-12-2-4-14(5-3-12)17(19)22)11-16(21)13-6-8-15(18)9-7-13/h2-9,16,21H,10-11H2,1H3,(H2,19,22)/t16-/m1/s1. The molecule has 0 saturated carbocycles. The second-order valence-corrected chi connectivity index (χ2v) is 5.76. The summed E-state index contributed by atoms with van der Waals surface area (Å²) < 4.78 is 0. The number of hydrogen-bond donors (Lipinski definition) is 2. The summed E-state index contributed by atoms with van der Waals surface area (Å²) in [5.41, 5.74) is 7.59. The van der Waals surface area contributed by atoms with E-state index in [-0.39, 0.29) is 0 Å². The summed E-state index contributed by atoms with van der Waals surface area (Å²) in [4.78, 5) is 13.0. The van der Waals surface area contributed by atoms with Gasteiger partial charge in [-0.3, -0.25) is 9.69 Å². The molecule has 2 aromatic rings.